The highest BCUT2D eigenvalue weighted by atomic mass is 16.2. The number of benzene rings is 1. The van der Waals surface area contributed by atoms with Crippen LogP contribution in [0.1, 0.15) is 48.5 Å². The van der Waals surface area contributed by atoms with Gasteiger partial charge in [-0.1, -0.05) is 31.9 Å². The number of hydrogen-bond acceptors (Lipinski definition) is 3. The summed E-state index contributed by atoms with van der Waals surface area (Å²) in [5, 5.41) is 5.79. The number of hydrogen-bond donors (Lipinski definition) is 2. The summed E-state index contributed by atoms with van der Waals surface area (Å²) in [4.78, 5) is 25.8. The molecule has 0 saturated heterocycles. The van der Waals surface area contributed by atoms with Crippen LogP contribution in [0.15, 0.2) is 24.3 Å². The van der Waals surface area contributed by atoms with Crippen molar-refractivity contribution in [1.82, 2.24) is 15.5 Å². The van der Waals surface area contributed by atoms with Crippen molar-refractivity contribution in [2.45, 2.75) is 45.2 Å². The summed E-state index contributed by atoms with van der Waals surface area (Å²) in [7, 11) is 3.56. The van der Waals surface area contributed by atoms with E-state index in [1.165, 1.54) is 19.3 Å². The van der Waals surface area contributed by atoms with E-state index in [1.54, 1.807) is 7.05 Å². The molecular formula is C19H29N3O2. The van der Waals surface area contributed by atoms with Gasteiger partial charge in [0.15, 0.2) is 0 Å². The van der Waals surface area contributed by atoms with Crippen LogP contribution in [-0.2, 0) is 11.3 Å². The lowest BCUT2D eigenvalue weighted by atomic mass is 9.86. The molecule has 24 heavy (non-hydrogen) atoms. The fourth-order valence-corrected chi connectivity index (χ4v) is 3.30. The van der Waals surface area contributed by atoms with Crippen LogP contribution in [0.4, 0.5) is 0 Å². The highest BCUT2D eigenvalue weighted by Gasteiger charge is 2.23. The topological polar surface area (TPSA) is 61.4 Å². The van der Waals surface area contributed by atoms with Crippen molar-refractivity contribution in [1.29, 1.82) is 0 Å². The molecule has 1 aliphatic carbocycles. The monoisotopic (exact) mass is 331 g/mol. The van der Waals surface area contributed by atoms with Crippen LogP contribution >= 0.6 is 0 Å². The Morgan fingerprint density at radius 1 is 1.17 bits per heavy atom. The minimum absolute atomic E-state index is 0.0871. The second-order valence-electron chi connectivity index (χ2n) is 6.88. The van der Waals surface area contributed by atoms with Gasteiger partial charge in [-0.25, -0.2) is 0 Å². The standard InChI is InChI=1S/C19H29N3O2/c1-14-6-4-5-7-17(14)21-18(23)13-22(3)12-15-8-10-16(11-9-15)19(24)20-2/h8-11,14,17H,4-7,12-13H2,1-3H3,(H,20,24)(H,21,23)/t14-,17+/m0/s1. The maximum absolute atomic E-state index is 12.2. The molecule has 132 valence electrons. The Morgan fingerprint density at radius 2 is 1.83 bits per heavy atom. The molecule has 2 atom stereocenters. The molecule has 0 aromatic heterocycles. The zero-order valence-electron chi connectivity index (χ0n) is 15.0. The SMILES string of the molecule is CNC(=O)c1ccc(CN(C)CC(=O)N[C@@H]2CCCC[C@@H]2C)cc1. The average molecular weight is 331 g/mol. The van der Waals surface area contributed by atoms with E-state index in [-0.39, 0.29) is 11.8 Å². The van der Waals surface area contributed by atoms with Gasteiger partial charge < -0.3 is 10.6 Å². The first-order valence-corrected chi connectivity index (χ1v) is 8.78. The minimum Gasteiger partial charge on any atom is -0.355 e. The Balaban J connectivity index is 1.80. The van der Waals surface area contributed by atoms with Gasteiger partial charge in [0, 0.05) is 25.2 Å². The number of carbonyl (C=O) groups excluding carboxylic acids is 2. The summed E-state index contributed by atoms with van der Waals surface area (Å²) in [5.41, 5.74) is 1.73. The van der Waals surface area contributed by atoms with Crippen LogP contribution in [-0.4, -0.2) is 43.4 Å². The number of likely N-dealkylation sites (N-methyl/N-ethyl adjacent to an activating group) is 1. The second-order valence-corrected chi connectivity index (χ2v) is 6.88. The lowest BCUT2D eigenvalue weighted by Crippen LogP contribution is -2.44. The Kier molecular flexibility index (Phi) is 6.79. The Hall–Kier alpha value is -1.88. The third kappa shape index (κ3) is 5.34. The van der Waals surface area contributed by atoms with E-state index in [0.29, 0.717) is 30.6 Å². The van der Waals surface area contributed by atoms with E-state index in [4.69, 9.17) is 0 Å². The summed E-state index contributed by atoms with van der Waals surface area (Å²) in [6.45, 7) is 3.30. The molecule has 1 fully saturated rings. The molecule has 2 amide bonds. The molecule has 0 spiro atoms. The highest BCUT2D eigenvalue weighted by Crippen LogP contribution is 2.23. The number of rotatable bonds is 6. The van der Waals surface area contributed by atoms with Crippen LogP contribution in [0, 0.1) is 5.92 Å². The molecule has 0 unspecified atom stereocenters. The first-order chi connectivity index (χ1) is 11.5. The molecule has 0 bridgehead atoms. The second kappa shape index (κ2) is 8.83. The number of nitrogens with zero attached hydrogens (tertiary/aromatic N) is 1. The zero-order valence-corrected chi connectivity index (χ0v) is 15.0. The van der Waals surface area contributed by atoms with Gasteiger partial charge in [-0.3, -0.25) is 14.5 Å². The van der Waals surface area contributed by atoms with Crippen LogP contribution in [0.3, 0.4) is 0 Å². The first-order valence-electron chi connectivity index (χ1n) is 8.78. The summed E-state index contributed by atoms with van der Waals surface area (Å²) in [5.74, 6) is 0.583. The fourth-order valence-electron chi connectivity index (χ4n) is 3.30. The van der Waals surface area contributed by atoms with Crippen LogP contribution in [0.25, 0.3) is 0 Å². The van der Waals surface area contributed by atoms with Crippen molar-refractivity contribution < 1.29 is 9.59 Å². The number of nitrogens with one attached hydrogen (secondary N) is 2. The summed E-state index contributed by atoms with van der Waals surface area (Å²) in [6, 6.07) is 7.81. The van der Waals surface area contributed by atoms with Gasteiger partial charge in [-0.15, -0.1) is 0 Å². The predicted molar refractivity (Wildman–Crippen MR) is 95.7 cm³/mol. The fraction of sp³-hybridized carbons (Fsp3) is 0.579. The minimum atomic E-state index is -0.0871. The van der Waals surface area contributed by atoms with Gasteiger partial charge >= 0.3 is 0 Å². The molecule has 5 nitrogen and oxygen atoms in total. The van der Waals surface area contributed by atoms with Crippen molar-refractivity contribution in [2.75, 3.05) is 20.6 Å². The lowest BCUT2D eigenvalue weighted by Gasteiger charge is -2.30. The summed E-state index contributed by atoms with van der Waals surface area (Å²) >= 11 is 0. The number of carbonyl (C=O) groups is 2. The van der Waals surface area contributed by atoms with Gasteiger partial charge in [0.05, 0.1) is 6.54 Å². The van der Waals surface area contributed by atoms with E-state index >= 15 is 0 Å². The number of amides is 2. The smallest absolute Gasteiger partial charge is 0.251 e. The van der Waals surface area contributed by atoms with Crippen molar-refractivity contribution in [3.05, 3.63) is 35.4 Å². The van der Waals surface area contributed by atoms with Gasteiger partial charge in [-0.2, -0.15) is 0 Å². The van der Waals surface area contributed by atoms with E-state index in [2.05, 4.69) is 17.6 Å². The van der Waals surface area contributed by atoms with Crippen molar-refractivity contribution in [3.8, 4) is 0 Å². The third-order valence-corrected chi connectivity index (χ3v) is 4.77. The Bertz CT molecular complexity index is 556. The van der Waals surface area contributed by atoms with Gasteiger partial charge in [0.1, 0.15) is 0 Å². The van der Waals surface area contributed by atoms with E-state index < -0.39 is 0 Å². The normalized spacial score (nSPS) is 20.7. The quantitative estimate of drug-likeness (QED) is 0.840. The largest absolute Gasteiger partial charge is 0.355 e. The molecule has 0 aliphatic heterocycles. The molecule has 0 heterocycles. The molecule has 5 heteroatoms. The van der Waals surface area contributed by atoms with E-state index in [1.807, 2.05) is 36.2 Å². The van der Waals surface area contributed by atoms with Crippen molar-refractivity contribution >= 4 is 11.8 Å². The van der Waals surface area contributed by atoms with Gasteiger partial charge in [-0.05, 0) is 43.5 Å². The lowest BCUT2D eigenvalue weighted by molar-refractivity contribution is -0.123. The van der Waals surface area contributed by atoms with Gasteiger partial charge in [0.2, 0.25) is 5.91 Å². The van der Waals surface area contributed by atoms with Crippen LogP contribution in [0.2, 0.25) is 0 Å². The van der Waals surface area contributed by atoms with Crippen LogP contribution < -0.4 is 10.6 Å². The van der Waals surface area contributed by atoms with Crippen molar-refractivity contribution in [3.63, 3.8) is 0 Å². The summed E-state index contributed by atoms with van der Waals surface area (Å²) in [6.07, 6.45) is 4.79. The molecule has 0 radical (unpaired) electrons. The summed E-state index contributed by atoms with van der Waals surface area (Å²) < 4.78 is 0. The van der Waals surface area contributed by atoms with E-state index in [0.717, 1.165) is 12.0 Å². The maximum atomic E-state index is 12.2. The van der Waals surface area contributed by atoms with Crippen LogP contribution in [0.5, 0.6) is 0 Å². The average Bonchev–Trinajstić information content (AvgIpc) is 2.56. The molecular weight excluding hydrogens is 302 g/mol. The Morgan fingerprint density at radius 3 is 2.46 bits per heavy atom. The highest BCUT2D eigenvalue weighted by molar-refractivity contribution is 5.93. The zero-order chi connectivity index (χ0) is 17.5. The maximum Gasteiger partial charge on any atom is 0.251 e. The van der Waals surface area contributed by atoms with E-state index in [9.17, 15) is 9.59 Å². The first kappa shape index (κ1) is 18.5. The molecule has 1 aromatic rings. The van der Waals surface area contributed by atoms with Gasteiger partial charge in [0.25, 0.3) is 5.91 Å². The molecule has 2 N–H and O–H groups in total. The molecule has 1 saturated carbocycles. The third-order valence-electron chi connectivity index (χ3n) is 4.77. The molecule has 1 aliphatic rings. The van der Waals surface area contributed by atoms with Crippen molar-refractivity contribution in [2.24, 2.45) is 5.92 Å². The Labute approximate surface area is 144 Å². The predicted octanol–water partition coefficient (Wildman–Crippen LogP) is 2.17. The molecule has 1 aromatic carbocycles. The molecule has 2 rings (SSSR count).